The minimum absolute atomic E-state index is 0.158. The molecule has 2 aromatic heterocycles. The van der Waals surface area contributed by atoms with Crippen LogP contribution in [0.4, 0.5) is 24.8 Å². The van der Waals surface area contributed by atoms with Gasteiger partial charge in [-0.25, -0.2) is 9.97 Å². The molecular formula is C20H23F3N6O. The molecule has 2 aliphatic rings. The van der Waals surface area contributed by atoms with Gasteiger partial charge in [-0.2, -0.15) is 13.2 Å². The van der Waals surface area contributed by atoms with E-state index in [1.54, 1.807) is 4.90 Å². The highest BCUT2D eigenvalue weighted by Gasteiger charge is 2.32. The number of carbonyl (C=O) groups is 1. The Balaban J connectivity index is 1.41. The van der Waals surface area contributed by atoms with Crippen LogP contribution < -0.4 is 9.80 Å². The van der Waals surface area contributed by atoms with Crippen LogP contribution in [0.2, 0.25) is 0 Å². The molecule has 0 saturated carbocycles. The maximum Gasteiger partial charge on any atom is 0.433 e. The van der Waals surface area contributed by atoms with Crippen molar-refractivity contribution in [3.63, 3.8) is 0 Å². The van der Waals surface area contributed by atoms with Crippen LogP contribution in [0.1, 0.15) is 34.7 Å². The van der Waals surface area contributed by atoms with Gasteiger partial charge in [-0.15, -0.1) is 0 Å². The second-order valence-electron chi connectivity index (χ2n) is 7.53. The number of rotatable bonds is 3. The number of amides is 1. The summed E-state index contributed by atoms with van der Waals surface area (Å²) in [6.07, 6.45) is -1.19. The molecule has 0 spiro atoms. The lowest BCUT2D eigenvalue weighted by Gasteiger charge is -2.35. The summed E-state index contributed by atoms with van der Waals surface area (Å²) in [5.74, 6) is 2.17. The largest absolute Gasteiger partial charge is 0.433 e. The summed E-state index contributed by atoms with van der Waals surface area (Å²) in [6, 6.07) is 4.02. The Hall–Kier alpha value is -2.91. The fraction of sp³-hybridized carbons (Fsp3) is 0.500. The number of hydrogen-bond acceptors (Lipinski definition) is 6. The maximum absolute atomic E-state index is 12.7. The van der Waals surface area contributed by atoms with Gasteiger partial charge in [0.2, 0.25) is 0 Å². The van der Waals surface area contributed by atoms with Crippen molar-refractivity contribution in [3.8, 4) is 0 Å². The predicted octanol–water partition coefficient (Wildman–Crippen LogP) is 2.76. The Morgan fingerprint density at radius 3 is 2.07 bits per heavy atom. The summed E-state index contributed by atoms with van der Waals surface area (Å²) in [7, 11) is 0. The van der Waals surface area contributed by atoms with Crippen LogP contribution in [-0.2, 0) is 6.18 Å². The van der Waals surface area contributed by atoms with E-state index in [0.717, 1.165) is 49.8 Å². The van der Waals surface area contributed by atoms with E-state index in [9.17, 15) is 18.0 Å². The van der Waals surface area contributed by atoms with Crippen molar-refractivity contribution < 1.29 is 18.0 Å². The fourth-order valence-corrected chi connectivity index (χ4v) is 3.82. The fourth-order valence-electron chi connectivity index (χ4n) is 3.82. The number of aromatic nitrogens is 3. The van der Waals surface area contributed by atoms with E-state index in [0.29, 0.717) is 32.0 Å². The van der Waals surface area contributed by atoms with Gasteiger partial charge in [-0.3, -0.25) is 9.78 Å². The van der Waals surface area contributed by atoms with Crippen LogP contribution in [0.3, 0.4) is 0 Å². The van der Waals surface area contributed by atoms with Crippen molar-refractivity contribution in [2.45, 2.75) is 25.9 Å². The molecule has 1 amide bonds. The number of aryl methyl sites for hydroxylation is 1. The van der Waals surface area contributed by atoms with Crippen LogP contribution in [0, 0.1) is 6.92 Å². The Labute approximate surface area is 172 Å². The molecule has 2 saturated heterocycles. The first-order valence-electron chi connectivity index (χ1n) is 9.99. The molecule has 30 heavy (non-hydrogen) atoms. The van der Waals surface area contributed by atoms with Crippen molar-refractivity contribution in [2.24, 2.45) is 0 Å². The highest BCUT2D eigenvalue weighted by molar-refractivity contribution is 5.94. The number of alkyl halides is 3. The number of pyridine rings is 1. The van der Waals surface area contributed by atoms with Gasteiger partial charge in [0.15, 0.2) is 0 Å². The van der Waals surface area contributed by atoms with E-state index in [4.69, 9.17) is 0 Å². The second kappa shape index (κ2) is 8.08. The third kappa shape index (κ3) is 4.31. The number of carbonyl (C=O) groups excluding carboxylic acids is 1. The van der Waals surface area contributed by atoms with Crippen LogP contribution in [0.5, 0.6) is 0 Å². The van der Waals surface area contributed by atoms with Gasteiger partial charge in [0.05, 0.1) is 5.56 Å². The Morgan fingerprint density at radius 1 is 0.933 bits per heavy atom. The van der Waals surface area contributed by atoms with E-state index in [2.05, 4.69) is 24.8 Å². The molecule has 0 unspecified atom stereocenters. The zero-order chi connectivity index (χ0) is 21.3. The van der Waals surface area contributed by atoms with E-state index < -0.39 is 11.9 Å². The lowest BCUT2D eigenvalue weighted by molar-refractivity contribution is -0.141. The number of piperazine rings is 1. The van der Waals surface area contributed by atoms with Gasteiger partial charge in [0.1, 0.15) is 23.2 Å². The van der Waals surface area contributed by atoms with Crippen molar-refractivity contribution >= 4 is 17.5 Å². The molecule has 0 atom stereocenters. The maximum atomic E-state index is 12.7. The smallest absolute Gasteiger partial charge is 0.356 e. The van der Waals surface area contributed by atoms with Crippen molar-refractivity contribution in [1.82, 2.24) is 19.9 Å². The van der Waals surface area contributed by atoms with Crippen molar-refractivity contribution in [2.75, 3.05) is 49.1 Å². The van der Waals surface area contributed by atoms with Crippen LogP contribution >= 0.6 is 0 Å². The van der Waals surface area contributed by atoms with E-state index in [1.165, 1.54) is 6.07 Å². The molecular weight excluding hydrogens is 397 g/mol. The first-order valence-corrected chi connectivity index (χ1v) is 9.99. The topological polar surface area (TPSA) is 65.5 Å². The molecule has 0 radical (unpaired) electrons. The van der Waals surface area contributed by atoms with Gasteiger partial charge >= 0.3 is 6.18 Å². The summed E-state index contributed by atoms with van der Waals surface area (Å²) in [5, 5.41) is 0. The summed E-state index contributed by atoms with van der Waals surface area (Å²) in [4.78, 5) is 31.1. The molecule has 0 N–H and O–H groups in total. The van der Waals surface area contributed by atoms with Gasteiger partial charge in [-0.1, -0.05) is 0 Å². The molecule has 2 aromatic rings. The normalized spacial score (nSPS) is 17.5. The first-order chi connectivity index (χ1) is 14.3. The quantitative estimate of drug-likeness (QED) is 0.761. The van der Waals surface area contributed by atoms with Crippen LogP contribution in [-0.4, -0.2) is 65.0 Å². The molecule has 0 bridgehead atoms. The molecule has 10 heteroatoms. The zero-order valence-electron chi connectivity index (χ0n) is 16.7. The second-order valence-corrected chi connectivity index (χ2v) is 7.53. The van der Waals surface area contributed by atoms with E-state index in [1.807, 2.05) is 13.0 Å². The zero-order valence-corrected chi connectivity index (χ0v) is 16.7. The van der Waals surface area contributed by atoms with Gasteiger partial charge in [0, 0.05) is 51.5 Å². The minimum Gasteiger partial charge on any atom is -0.356 e. The first kappa shape index (κ1) is 20.4. The van der Waals surface area contributed by atoms with Crippen molar-refractivity contribution in [1.29, 1.82) is 0 Å². The molecule has 160 valence electrons. The van der Waals surface area contributed by atoms with E-state index in [-0.39, 0.29) is 11.5 Å². The summed E-state index contributed by atoms with van der Waals surface area (Å²) in [5.41, 5.74) is -0.845. The third-order valence-corrected chi connectivity index (χ3v) is 5.43. The molecule has 0 aliphatic carbocycles. The predicted molar refractivity (Wildman–Crippen MR) is 106 cm³/mol. The number of halogens is 3. The van der Waals surface area contributed by atoms with Crippen LogP contribution in [0.25, 0.3) is 0 Å². The SMILES string of the molecule is Cc1nc(N2CCCC2)cc(N2CCN(C(=O)c3ccc(C(F)(F)F)nc3)CC2)n1. The molecule has 7 nitrogen and oxygen atoms in total. The Bertz CT molecular complexity index is 904. The van der Waals surface area contributed by atoms with Gasteiger partial charge < -0.3 is 14.7 Å². The average molecular weight is 420 g/mol. The molecule has 0 aromatic carbocycles. The highest BCUT2D eigenvalue weighted by atomic mass is 19.4. The van der Waals surface area contributed by atoms with Gasteiger partial charge in [0.25, 0.3) is 5.91 Å². The molecule has 4 rings (SSSR count). The summed E-state index contributed by atoms with van der Waals surface area (Å²) >= 11 is 0. The van der Waals surface area contributed by atoms with E-state index >= 15 is 0 Å². The Morgan fingerprint density at radius 2 is 1.53 bits per heavy atom. The standard InChI is InChI=1S/C20H23F3N6O/c1-14-25-17(27-6-2-3-7-27)12-18(26-14)28-8-10-29(11-9-28)19(30)15-4-5-16(24-13-15)20(21,22)23/h4-5,12-13H,2-3,6-11H2,1H3. The molecule has 2 aliphatic heterocycles. The third-order valence-electron chi connectivity index (χ3n) is 5.43. The highest BCUT2D eigenvalue weighted by Crippen LogP contribution is 2.27. The Kier molecular flexibility index (Phi) is 5.48. The summed E-state index contributed by atoms with van der Waals surface area (Å²) < 4.78 is 38.0. The average Bonchev–Trinajstić information content (AvgIpc) is 3.27. The summed E-state index contributed by atoms with van der Waals surface area (Å²) in [6.45, 7) is 5.98. The number of anilines is 2. The lowest BCUT2D eigenvalue weighted by atomic mass is 10.2. The number of nitrogens with zero attached hydrogens (tertiary/aromatic N) is 6. The monoisotopic (exact) mass is 420 g/mol. The molecule has 2 fully saturated rings. The van der Waals surface area contributed by atoms with Crippen molar-refractivity contribution in [3.05, 3.63) is 41.5 Å². The van der Waals surface area contributed by atoms with Gasteiger partial charge in [-0.05, 0) is 31.9 Å². The lowest BCUT2D eigenvalue weighted by Crippen LogP contribution is -2.49. The minimum atomic E-state index is -4.52. The number of hydrogen-bond donors (Lipinski definition) is 0. The molecule has 4 heterocycles. The van der Waals surface area contributed by atoms with Crippen LogP contribution in [0.15, 0.2) is 24.4 Å².